The lowest BCUT2D eigenvalue weighted by Gasteiger charge is -2.21. The quantitative estimate of drug-likeness (QED) is 0.558. The molecule has 0 radical (unpaired) electrons. The predicted octanol–water partition coefficient (Wildman–Crippen LogP) is 1.66. The van der Waals surface area contributed by atoms with E-state index in [-0.39, 0.29) is 24.5 Å². The lowest BCUT2D eigenvalue weighted by Crippen LogP contribution is -2.41. The van der Waals surface area contributed by atoms with E-state index in [0.717, 1.165) is 25.7 Å². The minimum absolute atomic E-state index is 0.00456. The Kier molecular flexibility index (Phi) is 9.98. The Morgan fingerprint density at radius 2 is 1.94 bits per heavy atom. The second-order valence-electron chi connectivity index (χ2n) is 5.37. The standard InChI is InChI=1S/C14H30N2O2/c1-4-5-12(8-9-15)6-7-14(18)16-13(10-17)11(2)3/h11-13,17H,4-10,15H2,1-3H3,(H,16,18). The molecule has 0 fully saturated rings. The third-order valence-electron chi connectivity index (χ3n) is 3.40. The lowest BCUT2D eigenvalue weighted by atomic mass is 9.94. The van der Waals surface area contributed by atoms with E-state index >= 15 is 0 Å². The van der Waals surface area contributed by atoms with Crippen LogP contribution in [0.3, 0.4) is 0 Å². The molecule has 0 heterocycles. The van der Waals surface area contributed by atoms with Gasteiger partial charge in [-0.15, -0.1) is 0 Å². The van der Waals surface area contributed by atoms with E-state index in [4.69, 9.17) is 10.8 Å². The molecular formula is C14H30N2O2. The van der Waals surface area contributed by atoms with Gasteiger partial charge in [0.2, 0.25) is 5.91 Å². The summed E-state index contributed by atoms with van der Waals surface area (Å²) in [6, 6.07) is -0.128. The first-order valence-corrected chi connectivity index (χ1v) is 7.15. The smallest absolute Gasteiger partial charge is 0.220 e. The molecule has 0 saturated carbocycles. The van der Waals surface area contributed by atoms with Crippen molar-refractivity contribution in [2.75, 3.05) is 13.2 Å². The summed E-state index contributed by atoms with van der Waals surface area (Å²) in [4.78, 5) is 11.8. The van der Waals surface area contributed by atoms with Crippen LogP contribution in [0.15, 0.2) is 0 Å². The van der Waals surface area contributed by atoms with Gasteiger partial charge in [-0.3, -0.25) is 4.79 Å². The SMILES string of the molecule is CCCC(CCN)CCC(=O)NC(CO)C(C)C. The van der Waals surface area contributed by atoms with E-state index in [1.165, 1.54) is 0 Å². The van der Waals surface area contributed by atoms with Gasteiger partial charge in [-0.05, 0) is 31.2 Å². The van der Waals surface area contributed by atoms with Crippen LogP contribution in [0.4, 0.5) is 0 Å². The zero-order valence-electron chi connectivity index (χ0n) is 12.1. The molecule has 18 heavy (non-hydrogen) atoms. The number of rotatable bonds is 10. The molecule has 4 nitrogen and oxygen atoms in total. The molecule has 0 aliphatic carbocycles. The molecule has 0 rings (SSSR count). The lowest BCUT2D eigenvalue weighted by molar-refractivity contribution is -0.122. The monoisotopic (exact) mass is 258 g/mol. The zero-order valence-corrected chi connectivity index (χ0v) is 12.1. The number of hydrogen-bond acceptors (Lipinski definition) is 3. The molecule has 0 aromatic rings. The van der Waals surface area contributed by atoms with Gasteiger partial charge < -0.3 is 16.2 Å². The topological polar surface area (TPSA) is 75.4 Å². The van der Waals surface area contributed by atoms with Crippen molar-refractivity contribution < 1.29 is 9.90 Å². The van der Waals surface area contributed by atoms with E-state index < -0.39 is 0 Å². The maximum absolute atomic E-state index is 11.8. The summed E-state index contributed by atoms with van der Waals surface area (Å²) >= 11 is 0. The molecule has 0 bridgehead atoms. The summed E-state index contributed by atoms with van der Waals surface area (Å²) in [5.41, 5.74) is 5.57. The van der Waals surface area contributed by atoms with E-state index in [1.54, 1.807) is 0 Å². The Balaban J connectivity index is 3.99. The van der Waals surface area contributed by atoms with Crippen molar-refractivity contribution in [2.45, 2.75) is 58.9 Å². The van der Waals surface area contributed by atoms with Gasteiger partial charge in [-0.25, -0.2) is 0 Å². The third kappa shape index (κ3) is 7.67. The number of carbonyl (C=O) groups is 1. The first-order valence-electron chi connectivity index (χ1n) is 7.15. The number of nitrogens with one attached hydrogen (secondary N) is 1. The molecule has 0 aromatic carbocycles. The van der Waals surface area contributed by atoms with E-state index in [0.29, 0.717) is 18.9 Å². The van der Waals surface area contributed by atoms with E-state index in [1.807, 2.05) is 13.8 Å². The highest BCUT2D eigenvalue weighted by atomic mass is 16.3. The highest BCUT2D eigenvalue weighted by Gasteiger charge is 2.16. The molecule has 2 atom stereocenters. The largest absolute Gasteiger partial charge is 0.394 e. The van der Waals surface area contributed by atoms with Gasteiger partial charge in [-0.2, -0.15) is 0 Å². The molecule has 0 aliphatic heterocycles. The normalized spacial score (nSPS) is 14.6. The molecular weight excluding hydrogens is 228 g/mol. The maximum atomic E-state index is 11.8. The molecule has 4 heteroatoms. The highest BCUT2D eigenvalue weighted by molar-refractivity contribution is 5.76. The summed E-state index contributed by atoms with van der Waals surface area (Å²) in [6.45, 7) is 6.84. The number of aliphatic hydroxyl groups is 1. The van der Waals surface area contributed by atoms with E-state index in [9.17, 15) is 4.79 Å². The number of aliphatic hydroxyl groups excluding tert-OH is 1. The van der Waals surface area contributed by atoms with Crippen molar-refractivity contribution in [1.29, 1.82) is 0 Å². The summed E-state index contributed by atoms with van der Waals surface area (Å²) in [6.07, 6.45) is 4.70. The number of amides is 1. The van der Waals surface area contributed by atoms with Crippen molar-refractivity contribution in [3.05, 3.63) is 0 Å². The summed E-state index contributed by atoms with van der Waals surface area (Å²) in [5.74, 6) is 0.854. The maximum Gasteiger partial charge on any atom is 0.220 e. The molecule has 108 valence electrons. The minimum Gasteiger partial charge on any atom is -0.394 e. The summed E-state index contributed by atoms with van der Waals surface area (Å²) in [5, 5.41) is 12.0. The zero-order chi connectivity index (χ0) is 14.0. The molecule has 0 aromatic heterocycles. The predicted molar refractivity (Wildman–Crippen MR) is 75.2 cm³/mol. The summed E-state index contributed by atoms with van der Waals surface area (Å²) in [7, 11) is 0. The van der Waals surface area contributed by atoms with Gasteiger partial charge in [0.25, 0.3) is 0 Å². The molecule has 1 amide bonds. The Hall–Kier alpha value is -0.610. The van der Waals surface area contributed by atoms with Crippen LogP contribution in [-0.2, 0) is 4.79 Å². The fourth-order valence-corrected chi connectivity index (χ4v) is 2.11. The number of hydrogen-bond donors (Lipinski definition) is 3. The minimum atomic E-state index is -0.128. The van der Waals surface area contributed by atoms with Gasteiger partial charge in [0.15, 0.2) is 0 Å². The van der Waals surface area contributed by atoms with Gasteiger partial charge >= 0.3 is 0 Å². The first kappa shape index (κ1) is 17.4. The van der Waals surface area contributed by atoms with Crippen molar-refractivity contribution in [1.82, 2.24) is 5.32 Å². The van der Waals surface area contributed by atoms with E-state index in [2.05, 4.69) is 12.2 Å². The van der Waals surface area contributed by atoms with Gasteiger partial charge in [0.1, 0.15) is 0 Å². The molecule has 0 saturated heterocycles. The van der Waals surface area contributed by atoms with Crippen LogP contribution in [0.1, 0.15) is 52.9 Å². The fraction of sp³-hybridized carbons (Fsp3) is 0.929. The Morgan fingerprint density at radius 3 is 2.39 bits per heavy atom. The number of carbonyl (C=O) groups excluding carboxylic acids is 1. The second-order valence-corrected chi connectivity index (χ2v) is 5.37. The Labute approximate surface area is 111 Å². The summed E-state index contributed by atoms with van der Waals surface area (Å²) < 4.78 is 0. The van der Waals surface area contributed by atoms with Crippen LogP contribution < -0.4 is 11.1 Å². The van der Waals surface area contributed by atoms with Crippen molar-refractivity contribution in [2.24, 2.45) is 17.6 Å². The average Bonchev–Trinajstić information content (AvgIpc) is 2.33. The average molecular weight is 258 g/mol. The fourth-order valence-electron chi connectivity index (χ4n) is 2.11. The molecule has 0 aliphatic rings. The molecule has 0 spiro atoms. The number of nitrogens with two attached hydrogens (primary N) is 1. The van der Waals surface area contributed by atoms with Crippen LogP contribution >= 0.6 is 0 Å². The van der Waals surface area contributed by atoms with Crippen molar-refractivity contribution >= 4 is 5.91 Å². The second kappa shape index (κ2) is 10.3. The van der Waals surface area contributed by atoms with Crippen LogP contribution in [0, 0.1) is 11.8 Å². The Bertz CT molecular complexity index is 214. The van der Waals surface area contributed by atoms with Crippen molar-refractivity contribution in [3.8, 4) is 0 Å². The Morgan fingerprint density at radius 1 is 1.28 bits per heavy atom. The first-order chi connectivity index (χ1) is 8.54. The van der Waals surface area contributed by atoms with Crippen LogP contribution in [-0.4, -0.2) is 30.2 Å². The highest BCUT2D eigenvalue weighted by Crippen LogP contribution is 2.17. The third-order valence-corrected chi connectivity index (χ3v) is 3.40. The molecule has 2 unspecified atom stereocenters. The van der Waals surface area contributed by atoms with Crippen molar-refractivity contribution in [3.63, 3.8) is 0 Å². The van der Waals surface area contributed by atoms with Gasteiger partial charge in [0.05, 0.1) is 12.6 Å². The molecule has 4 N–H and O–H groups in total. The van der Waals surface area contributed by atoms with Gasteiger partial charge in [-0.1, -0.05) is 33.6 Å². The van der Waals surface area contributed by atoms with Crippen LogP contribution in [0.2, 0.25) is 0 Å². The van der Waals surface area contributed by atoms with Crippen LogP contribution in [0.25, 0.3) is 0 Å². The van der Waals surface area contributed by atoms with Gasteiger partial charge in [0, 0.05) is 6.42 Å². The van der Waals surface area contributed by atoms with Crippen LogP contribution in [0.5, 0.6) is 0 Å².